The maximum Gasteiger partial charge on any atom is 0.303 e. The van der Waals surface area contributed by atoms with Crippen molar-refractivity contribution in [1.29, 1.82) is 0 Å². The Labute approximate surface area is 162 Å². The molecule has 4 rings (SSSR count). The van der Waals surface area contributed by atoms with Gasteiger partial charge < -0.3 is 20.4 Å². The highest BCUT2D eigenvalue weighted by atomic mass is 16.4. The Hall–Kier alpha value is -0.650. The van der Waals surface area contributed by atoms with Crippen LogP contribution in [0.5, 0.6) is 0 Å². The van der Waals surface area contributed by atoms with Gasteiger partial charge in [-0.3, -0.25) is 4.79 Å². The Bertz CT molecular complexity index is 593. The molecule has 0 spiro atoms. The highest BCUT2D eigenvalue weighted by molar-refractivity contribution is 5.67. The molecule has 0 aromatic rings. The highest BCUT2D eigenvalue weighted by Crippen LogP contribution is 2.66. The first kappa shape index (κ1) is 19.7. The summed E-state index contributed by atoms with van der Waals surface area (Å²) in [6, 6.07) is 0. The minimum absolute atomic E-state index is 0.00462. The number of hydrogen-bond donors (Lipinski definition) is 4. The van der Waals surface area contributed by atoms with Crippen LogP contribution in [-0.2, 0) is 4.79 Å². The molecule has 4 aliphatic carbocycles. The van der Waals surface area contributed by atoms with Gasteiger partial charge in [0.15, 0.2) is 0 Å². The second kappa shape index (κ2) is 6.70. The third-order valence-electron chi connectivity index (χ3n) is 9.34. The third-order valence-corrected chi connectivity index (χ3v) is 9.34. The molecule has 4 N–H and O–H groups in total. The number of aliphatic carboxylic acids is 1. The monoisotopic (exact) mass is 380 g/mol. The third kappa shape index (κ3) is 2.96. The van der Waals surface area contributed by atoms with Gasteiger partial charge in [-0.2, -0.15) is 0 Å². The SMILES string of the molecule is C[C@H](CC(=O)O)[C@H]1CC[C@H]2[C@@H]3[C@H](O)C[C@@H]4C[C@H](O)CC[C@@]4(O)[C@H]3CC[C@]12C. The van der Waals surface area contributed by atoms with E-state index in [1.54, 1.807) is 0 Å². The fourth-order valence-electron chi connectivity index (χ4n) is 8.20. The summed E-state index contributed by atoms with van der Waals surface area (Å²) in [5, 5.41) is 42.0. The predicted molar refractivity (Wildman–Crippen MR) is 101 cm³/mol. The number of carboxylic acids is 1. The van der Waals surface area contributed by atoms with Gasteiger partial charge in [-0.25, -0.2) is 0 Å². The van der Waals surface area contributed by atoms with E-state index in [0.29, 0.717) is 37.5 Å². The summed E-state index contributed by atoms with van der Waals surface area (Å²) in [6.07, 6.45) is 5.96. The average molecular weight is 381 g/mol. The summed E-state index contributed by atoms with van der Waals surface area (Å²) in [5.74, 6) is 0.406. The van der Waals surface area contributed by atoms with Crippen molar-refractivity contribution < 1.29 is 25.2 Å². The molecule has 0 radical (unpaired) electrons. The zero-order valence-corrected chi connectivity index (χ0v) is 16.7. The molecule has 4 fully saturated rings. The van der Waals surface area contributed by atoms with Crippen molar-refractivity contribution in [2.75, 3.05) is 0 Å². The van der Waals surface area contributed by atoms with E-state index >= 15 is 0 Å². The average Bonchev–Trinajstić information content (AvgIpc) is 2.93. The molecular weight excluding hydrogens is 344 g/mol. The molecule has 0 aromatic heterocycles. The van der Waals surface area contributed by atoms with Crippen LogP contribution < -0.4 is 0 Å². The molecule has 154 valence electrons. The predicted octanol–water partition coefficient (Wildman–Crippen LogP) is 2.81. The molecule has 5 nitrogen and oxygen atoms in total. The quantitative estimate of drug-likeness (QED) is 0.604. The summed E-state index contributed by atoms with van der Waals surface area (Å²) in [4.78, 5) is 11.2. The molecular formula is C22H36O5. The lowest BCUT2D eigenvalue weighted by molar-refractivity contribution is -0.219. The maximum atomic E-state index is 11.6. The fraction of sp³-hybridized carbons (Fsp3) is 0.955. The minimum atomic E-state index is -0.741. The number of fused-ring (bicyclic) bond motifs is 5. The second-order valence-corrected chi connectivity index (χ2v) is 10.5. The first-order valence-corrected chi connectivity index (χ1v) is 11.0. The first-order valence-electron chi connectivity index (χ1n) is 11.0. The summed E-state index contributed by atoms with van der Waals surface area (Å²) >= 11 is 0. The summed E-state index contributed by atoms with van der Waals surface area (Å²) in [5.41, 5.74) is -0.677. The van der Waals surface area contributed by atoms with E-state index in [4.69, 9.17) is 0 Å². The van der Waals surface area contributed by atoms with Gasteiger partial charge in [0.1, 0.15) is 0 Å². The number of rotatable bonds is 3. The normalized spacial score (nSPS) is 53.1. The van der Waals surface area contributed by atoms with E-state index in [-0.39, 0.29) is 41.6 Å². The Kier molecular flexibility index (Phi) is 4.88. The van der Waals surface area contributed by atoms with Gasteiger partial charge in [0.2, 0.25) is 0 Å². The van der Waals surface area contributed by atoms with Crippen molar-refractivity contribution in [2.45, 2.75) is 89.4 Å². The van der Waals surface area contributed by atoms with Gasteiger partial charge in [-0.05, 0) is 92.3 Å². The van der Waals surface area contributed by atoms with Crippen LogP contribution in [0.2, 0.25) is 0 Å². The molecule has 0 aliphatic heterocycles. The molecule has 4 saturated carbocycles. The van der Waals surface area contributed by atoms with E-state index in [1.165, 1.54) is 0 Å². The van der Waals surface area contributed by atoms with Crippen LogP contribution in [0.3, 0.4) is 0 Å². The minimum Gasteiger partial charge on any atom is -0.481 e. The number of aliphatic hydroxyl groups is 3. The Morgan fingerprint density at radius 2 is 1.81 bits per heavy atom. The molecule has 27 heavy (non-hydrogen) atoms. The highest BCUT2D eigenvalue weighted by Gasteiger charge is 2.63. The smallest absolute Gasteiger partial charge is 0.303 e. The molecule has 0 amide bonds. The molecule has 0 aromatic carbocycles. The maximum absolute atomic E-state index is 11.6. The molecule has 5 heteroatoms. The molecule has 4 aliphatic rings. The lowest BCUT2D eigenvalue weighted by Crippen LogP contribution is -2.63. The Morgan fingerprint density at radius 1 is 1.07 bits per heavy atom. The number of carboxylic acid groups (broad SMARTS) is 1. The van der Waals surface area contributed by atoms with E-state index in [9.17, 15) is 25.2 Å². The summed E-state index contributed by atoms with van der Waals surface area (Å²) < 4.78 is 0. The van der Waals surface area contributed by atoms with Crippen molar-refractivity contribution >= 4 is 5.97 Å². The van der Waals surface area contributed by atoms with Crippen LogP contribution >= 0.6 is 0 Å². The largest absolute Gasteiger partial charge is 0.481 e. The van der Waals surface area contributed by atoms with Crippen LogP contribution in [0.15, 0.2) is 0 Å². The Balaban J connectivity index is 1.60. The van der Waals surface area contributed by atoms with Gasteiger partial charge in [0, 0.05) is 6.42 Å². The van der Waals surface area contributed by atoms with E-state index in [0.717, 1.165) is 25.7 Å². The molecule has 10 atom stereocenters. The van der Waals surface area contributed by atoms with Crippen molar-refractivity contribution in [3.05, 3.63) is 0 Å². The van der Waals surface area contributed by atoms with Crippen molar-refractivity contribution in [1.82, 2.24) is 0 Å². The molecule has 0 saturated heterocycles. The van der Waals surface area contributed by atoms with E-state index < -0.39 is 17.7 Å². The number of aliphatic hydroxyl groups excluding tert-OH is 2. The van der Waals surface area contributed by atoms with E-state index in [1.807, 2.05) is 0 Å². The molecule has 0 heterocycles. The molecule has 0 unspecified atom stereocenters. The van der Waals surface area contributed by atoms with Crippen molar-refractivity contribution in [3.8, 4) is 0 Å². The lowest BCUT2D eigenvalue weighted by atomic mass is 9.47. The fourth-order valence-corrected chi connectivity index (χ4v) is 8.20. The first-order chi connectivity index (χ1) is 12.7. The van der Waals surface area contributed by atoms with E-state index in [2.05, 4.69) is 13.8 Å². The summed E-state index contributed by atoms with van der Waals surface area (Å²) in [6.45, 7) is 4.39. The standard InChI is InChI=1S/C22H36O5/c1-12(9-19(25)26)15-3-4-16-20-17(6-7-21(15,16)2)22(27)8-5-14(23)10-13(22)11-18(20)24/h12-18,20,23-24,27H,3-11H2,1-2H3,(H,25,26)/t12-,13+,14-,15-,16+,17+,18-,20+,21-,22+/m1/s1. The number of hydrogen-bond acceptors (Lipinski definition) is 4. The van der Waals surface area contributed by atoms with Gasteiger partial charge in [0.05, 0.1) is 17.8 Å². The van der Waals surface area contributed by atoms with Crippen LogP contribution in [0, 0.1) is 40.9 Å². The van der Waals surface area contributed by atoms with Gasteiger partial charge in [-0.1, -0.05) is 13.8 Å². The van der Waals surface area contributed by atoms with Gasteiger partial charge in [-0.15, -0.1) is 0 Å². The number of carbonyl (C=O) groups is 1. The van der Waals surface area contributed by atoms with Crippen molar-refractivity contribution in [3.63, 3.8) is 0 Å². The van der Waals surface area contributed by atoms with Crippen LogP contribution in [0.1, 0.15) is 71.6 Å². The topological polar surface area (TPSA) is 98.0 Å². The van der Waals surface area contributed by atoms with Crippen LogP contribution in [0.25, 0.3) is 0 Å². The van der Waals surface area contributed by atoms with Crippen molar-refractivity contribution in [2.24, 2.45) is 40.9 Å². The Morgan fingerprint density at radius 3 is 2.52 bits per heavy atom. The van der Waals surface area contributed by atoms with Crippen LogP contribution in [-0.4, -0.2) is 44.2 Å². The van der Waals surface area contributed by atoms with Gasteiger partial charge >= 0.3 is 5.97 Å². The zero-order chi connectivity index (χ0) is 19.6. The lowest BCUT2D eigenvalue weighted by Gasteiger charge is -2.61. The second-order valence-electron chi connectivity index (χ2n) is 10.5. The summed E-state index contributed by atoms with van der Waals surface area (Å²) in [7, 11) is 0. The molecule has 0 bridgehead atoms. The zero-order valence-electron chi connectivity index (χ0n) is 16.7. The van der Waals surface area contributed by atoms with Crippen LogP contribution in [0.4, 0.5) is 0 Å². The van der Waals surface area contributed by atoms with Gasteiger partial charge in [0.25, 0.3) is 0 Å².